The van der Waals surface area contributed by atoms with Gasteiger partial charge in [0, 0.05) is 19.2 Å². The Hall–Kier alpha value is -1.11. The molecule has 1 fully saturated rings. The van der Waals surface area contributed by atoms with Crippen LogP contribution < -0.4 is 4.74 Å². The number of aliphatic hydroxyl groups is 1. The van der Waals surface area contributed by atoms with Crippen molar-refractivity contribution < 1.29 is 18.3 Å². The molecule has 1 aromatic rings. The van der Waals surface area contributed by atoms with Crippen LogP contribution in [0.3, 0.4) is 0 Å². The Morgan fingerprint density at radius 2 is 2.19 bits per heavy atom. The first-order valence-electron chi connectivity index (χ1n) is 7.34. The quantitative estimate of drug-likeness (QED) is 0.869. The molecule has 0 spiro atoms. The third-order valence-electron chi connectivity index (χ3n) is 4.03. The van der Waals surface area contributed by atoms with Crippen LogP contribution in [-0.2, 0) is 16.4 Å². The summed E-state index contributed by atoms with van der Waals surface area (Å²) in [6.45, 7) is 2.50. The van der Waals surface area contributed by atoms with Crippen molar-refractivity contribution in [2.24, 2.45) is 0 Å². The second kappa shape index (κ2) is 6.77. The fraction of sp³-hybridized carbons (Fsp3) is 0.600. The van der Waals surface area contributed by atoms with Crippen LogP contribution in [0.15, 0.2) is 23.1 Å². The summed E-state index contributed by atoms with van der Waals surface area (Å²) in [6, 6.07) is 5.02. The molecule has 0 radical (unpaired) electrons. The van der Waals surface area contributed by atoms with E-state index in [-0.39, 0.29) is 17.5 Å². The molecule has 5 nitrogen and oxygen atoms in total. The monoisotopic (exact) mass is 313 g/mol. The second-order valence-electron chi connectivity index (χ2n) is 5.27. The molecule has 1 N–H and O–H groups in total. The van der Waals surface area contributed by atoms with Crippen LogP contribution in [0.4, 0.5) is 0 Å². The van der Waals surface area contributed by atoms with E-state index >= 15 is 0 Å². The first kappa shape index (κ1) is 16.3. The number of ether oxygens (including phenoxy) is 1. The Morgan fingerprint density at radius 1 is 1.43 bits per heavy atom. The number of hydrogen-bond donors (Lipinski definition) is 1. The fourth-order valence-electron chi connectivity index (χ4n) is 2.91. The summed E-state index contributed by atoms with van der Waals surface area (Å²) in [5, 5.41) is 9.19. The number of aliphatic hydroxyl groups excluding tert-OH is 1. The van der Waals surface area contributed by atoms with Crippen LogP contribution in [0.25, 0.3) is 0 Å². The van der Waals surface area contributed by atoms with Crippen LogP contribution >= 0.6 is 0 Å². The Kier molecular flexibility index (Phi) is 5.24. The molecule has 1 unspecified atom stereocenters. The van der Waals surface area contributed by atoms with Crippen molar-refractivity contribution in [1.82, 2.24) is 4.31 Å². The van der Waals surface area contributed by atoms with E-state index in [1.54, 1.807) is 29.6 Å². The van der Waals surface area contributed by atoms with E-state index in [2.05, 4.69) is 0 Å². The molecular weight excluding hydrogens is 290 g/mol. The van der Waals surface area contributed by atoms with Crippen molar-refractivity contribution in [3.05, 3.63) is 23.8 Å². The maximum Gasteiger partial charge on any atom is 0.243 e. The largest absolute Gasteiger partial charge is 0.497 e. The zero-order chi connectivity index (χ0) is 15.5. The summed E-state index contributed by atoms with van der Waals surface area (Å²) < 4.78 is 32.6. The van der Waals surface area contributed by atoms with E-state index in [0.29, 0.717) is 24.3 Å². The molecule has 1 aromatic carbocycles. The standard InChI is InChI=1S/C15H23NO4S/c1-3-13-5-4-9-16(13)21(18,19)15-7-6-14(20-2)11-12(15)8-10-17/h6-7,11,13,17H,3-5,8-10H2,1-2H3. The predicted molar refractivity (Wildman–Crippen MR) is 81.0 cm³/mol. The number of methoxy groups -OCH3 is 1. The van der Waals surface area contributed by atoms with Gasteiger partial charge in [0.05, 0.1) is 12.0 Å². The molecule has 6 heteroatoms. The molecule has 0 aromatic heterocycles. The Labute approximate surface area is 126 Å². The SMILES string of the molecule is CCC1CCCN1S(=O)(=O)c1ccc(OC)cc1CCO. The topological polar surface area (TPSA) is 66.8 Å². The molecule has 0 saturated carbocycles. The summed E-state index contributed by atoms with van der Waals surface area (Å²) in [5.74, 6) is 0.603. The van der Waals surface area contributed by atoms with E-state index in [1.165, 1.54) is 0 Å². The van der Waals surface area contributed by atoms with Crippen LogP contribution in [0.1, 0.15) is 31.7 Å². The lowest BCUT2D eigenvalue weighted by atomic mass is 10.1. The van der Waals surface area contributed by atoms with Crippen molar-refractivity contribution >= 4 is 10.0 Å². The third kappa shape index (κ3) is 3.22. The van der Waals surface area contributed by atoms with Gasteiger partial charge >= 0.3 is 0 Å². The van der Waals surface area contributed by atoms with Crippen LogP contribution in [0.5, 0.6) is 5.75 Å². The van der Waals surface area contributed by atoms with Crippen molar-refractivity contribution in [2.45, 2.75) is 43.5 Å². The van der Waals surface area contributed by atoms with Crippen LogP contribution in [-0.4, -0.2) is 44.1 Å². The van der Waals surface area contributed by atoms with E-state index in [0.717, 1.165) is 19.3 Å². The summed E-state index contributed by atoms with van der Waals surface area (Å²) in [6.07, 6.45) is 2.95. The normalized spacial score (nSPS) is 19.9. The summed E-state index contributed by atoms with van der Waals surface area (Å²) in [5.41, 5.74) is 0.610. The van der Waals surface area contributed by atoms with Gasteiger partial charge in [-0.1, -0.05) is 6.92 Å². The minimum Gasteiger partial charge on any atom is -0.497 e. The number of benzene rings is 1. The average Bonchev–Trinajstić information content (AvgIpc) is 2.96. The van der Waals surface area contributed by atoms with Crippen molar-refractivity contribution in [1.29, 1.82) is 0 Å². The molecule has 1 aliphatic heterocycles. The van der Waals surface area contributed by atoms with Gasteiger partial charge < -0.3 is 9.84 Å². The molecule has 0 bridgehead atoms. The second-order valence-corrected chi connectivity index (χ2v) is 7.13. The first-order valence-corrected chi connectivity index (χ1v) is 8.78. The van der Waals surface area contributed by atoms with Gasteiger partial charge in [-0.05, 0) is 49.4 Å². The Bertz CT molecular complexity index is 585. The highest BCUT2D eigenvalue weighted by molar-refractivity contribution is 7.89. The summed E-state index contributed by atoms with van der Waals surface area (Å²) >= 11 is 0. The zero-order valence-corrected chi connectivity index (χ0v) is 13.4. The van der Waals surface area contributed by atoms with Gasteiger partial charge in [-0.2, -0.15) is 4.31 Å². The van der Waals surface area contributed by atoms with Gasteiger partial charge in [-0.3, -0.25) is 0 Å². The lowest BCUT2D eigenvalue weighted by Gasteiger charge is -2.24. The fourth-order valence-corrected chi connectivity index (χ4v) is 4.91. The number of nitrogens with zero attached hydrogens (tertiary/aromatic N) is 1. The lowest BCUT2D eigenvalue weighted by molar-refractivity contribution is 0.298. The highest BCUT2D eigenvalue weighted by Gasteiger charge is 2.35. The van der Waals surface area contributed by atoms with Gasteiger partial charge in [-0.25, -0.2) is 8.42 Å². The van der Waals surface area contributed by atoms with E-state index in [4.69, 9.17) is 4.74 Å². The number of hydrogen-bond acceptors (Lipinski definition) is 4. The molecular formula is C15H23NO4S. The zero-order valence-electron chi connectivity index (χ0n) is 12.6. The lowest BCUT2D eigenvalue weighted by Crippen LogP contribution is -2.35. The summed E-state index contributed by atoms with van der Waals surface area (Å²) in [7, 11) is -1.97. The molecule has 21 heavy (non-hydrogen) atoms. The maximum absolute atomic E-state index is 12.9. The van der Waals surface area contributed by atoms with Crippen molar-refractivity contribution in [2.75, 3.05) is 20.3 Å². The van der Waals surface area contributed by atoms with E-state index < -0.39 is 10.0 Å². The third-order valence-corrected chi connectivity index (χ3v) is 6.08. The molecule has 1 atom stereocenters. The van der Waals surface area contributed by atoms with Gasteiger partial charge in [0.2, 0.25) is 10.0 Å². The van der Waals surface area contributed by atoms with Crippen molar-refractivity contribution in [3.8, 4) is 5.75 Å². The predicted octanol–water partition coefficient (Wildman–Crippen LogP) is 1.79. The highest BCUT2D eigenvalue weighted by Crippen LogP contribution is 2.31. The van der Waals surface area contributed by atoms with Gasteiger partial charge in [0.25, 0.3) is 0 Å². The van der Waals surface area contributed by atoms with Crippen molar-refractivity contribution in [3.63, 3.8) is 0 Å². The average molecular weight is 313 g/mol. The minimum absolute atomic E-state index is 0.0825. The Balaban J connectivity index is 2.43. The van der Waals surface area contributed by atoms with Gasteiger partial charge in [0.15, 0.2) is 0 Å². The van der Waals surface area contributed by atoms with E-state index in [9.17, 15) is 13.5 Å². The van der Waals surface area contributed by atoms with Crippen LogP contribution in [0.2, 0.25) is 0 Å². The minimum atomic E-state index is -3.51. The number of sulfonamides is 1. The molecule has 2 rings (SSSR count). The van der Waals surface area contributed by atoms with E-state index in [1.807, 2.05) is 6.92 Å². The molecule has 1 saturated heterocycles. The van der Waals surface area contributed by atoms with Crippen LogP contribution in [0, 0.1) is 0 Å². The smallest absolute Gasteiger partial charge is 0.243 e. The first-order chi connectivity index (χ1) is 10.0. The molecule has 1 aliphatic rings. The molecule has 118 valence electrons. The summed E-state index contributed by atoms with van der Waals surface area (Å²) in [4.78, 5) is 0.290. The molecule has 0 amide bonds. The number of rotatable bonds is 6. The van der Waals surface area contributed by atoms with Gasteiger partial charge in [0.1, 0.15) is 5.75 Å². The highest BCUT2D eigenvalue weighted by atomic mass is 32.2. The maximum atomic E-state index is 12.9. The molecule has 0 aliphatic carbocycles. The Morgan fingerprint density at radius 3 is 2.81 bits per heavy atom. The van der Waals surface area contributed by atoms with Gasteiger partial charge in [-0.15, -0.1) is 0 Å². The molecule has 1 heterocycles.